The van der Waals surface area contributed by atoms with Crippen molar-refractivity contribution >= 4 is 31.9 Å². The molecule has 1 heterocycles. The van der Waals surface area contributed by atoms with Gasteiger partial charge in [-0.15, -0.1) is 10.2 Å². The number of rotatable bonds is 4. The smallest absolute Gasteiger partial charge is 0.176 e. The summed E-state index contributed by atoms with van der Waals surface area (Å²) in [6.45, 7) is 0. The van der Waals surface area contributed by atoms with E-state index >= 15 is 0 Å². The number of hydrazine groups is 1. The summed E-state index contributed by atoms with van der Waals surface area (Å²) < 4.78 is 1.97. The number of hydrogen-bond acceptors (Lipinski definition) is 5. The van der Waals surface area contributed by atoms with Crippen LogP contribution in [-0.2, 0) is 13.5 Å². The Kier molecular flexibility index (Phi) is 4.44. The molecule has 8 heteroatoms. The van der Waals surface area contributed by atoms with E-state index in [1.54, 1.807) is 7.05 Å². The fourth-order valence-electron chi connectivity index (χ4n) is 1.64. The van der Waals surface area contributed by atoms with Gasteiger partial charge in [-0.05, 0) is 29.0 Å². The number of nitrogens with one attached hydrogen (secondary N) is 1. The summed E-state index contributed by atoms with van der Waals surface area (Å²) >= 11 is 6.91. The fraction of sp³-hybridized carbons (Fsp3) is 0.300. The lowest BCUT2D eigenvalue weighted by atomic mass is 10.0. The van der Waals surface area contributed by atoms with Gasteiger partial charge in [0.15, 0.2) is 5.82 Å². The van der Waals surface area contributed by atoms with Gasteiger partial charge in [0.25, 0.3) is 0 Å². The van der Waals surface area contributed by atoms with Crippen LogP contribution >= 0.6 is 31.9 Å². The summed E-state index contributed by atoms with van der Waals surface area (Å²) in [7, 11) is 1.73. The van der Waals surface area contributed by atoms with Gasteiger partial charge in [0.2, 0.25) is 0 Å². The quantitative estimate of drug-likeness (QED) is 0.624. The average molecular weight is 376 g/mol. The summed E-state index contributed by atoms with van der Waals surface area (Å²) in [5, 5.41) is 11.9. The van der Waals surface area contributed by atoms with Crippen molar-refractivity contribution < 1.29 is 0 Å². The monoisotopic (exact) mass is 374 g/mol. The number of hydrogen-bond donors (Lipinski definition) is 2. The van der Waals surface area contributed by atoms with Crippen molar-refractivity contribution in [2.24, 2.45) is 12.9 Å². The standard InChI is InChI=1S/C10H12Br2N6/c1-18-16-10(15-17-18)5-9(14-13)6-2-7(11)4-8(12)3-6/h2-4,9,14H,5,13H2,1H3. The minimum absolute atomic E-state index is 0.0667. The van der Waals surface area contributed by atoms with Gasteiger partial charge in [-0.2, -0.15) is 4.80 Å². The van der Waals surface area contributed by atoms with E-state index in [-0.39, 0.29) is 6.04 Å². The molecule has 1 unspecified atom stereocenters. The third kappa shape index (κ3) is 3.35. The topological polar surface area (TPSA) is 81.7 Å². The first-order valence-corrected chi connectivity index (χ1v) is 6.82. The van der Waals surface area contributed by atoms with E-state index in [9.17, 15) is 0 Å². The van der Waals surface area contributed by atoms with Gasteiger partial charge >= 0.3 is 0 Å². The predicted octanol–water partition coefficient (Wildman–Crippen LogP) is 1.48. The summed E-state index contributed by atoms with van der Waals surface area (Å²) in [5.41, 5.74) is 3.82. The molecule has 0 bridgehead atoms. The SMILES string of the molecule is Cn1nnc(CC(NN)c2cc(Br)cc(Br)c2)n1. The van der Waals surface area contributed by atoms with E-state index in [1.807, 2.05) is 18.2 Å². The highest BCUT2D eigenvalue weighted by atomic mass is 79.9. The minimum atomic E-state index is -0.0667. The lowest BCUT2D eigenvalue weighted by Crippen LogP contribution is -2.30. The van der Waals surface area contributed by atoms with Crippen molar-refractivity contribution in [3.8, 4) is 0 Å². The van der Waals surface area contributed by atoms with E-state index in [1.165, 1.54) is 4.80 Å². The molecule has 0 radical (unpaired) electrons. The second-order valence-electron chi connectivity index (χ2n) is 3.82. The molecule has 0 aliphatic carbocycles. The van der Waals surface area contributed by atoms with Crippen LogP contribution < -0.4 is 11.3 Å². The molecule has 6 nitrogen and oxygen atoms in total. The molecule has 2 rings (SSSR count). The highest BCUT2D eigenvalue weighted by molar-refractivity contribution is 9.11. The highest BCUT2D eigenvalue weighted by Gasteiger charge is 2.14. The third-order valence-corrected chi connectivity index (χ3v) is 3.34. The molecule has 0 amide bonds. The zero-order valence-electron chi connectivity index (χ0n) is 9.64. The molecule has 3 N–H and O–H groups in total. The zero-order valence-corrected chi connectivity index (χ0v) is 12.8. The van der Waals surface area contributed by atoms with Crippen LogP contribution in [0.1, 0.15) is 17.4 Å². The Bertz CT molecular complexity index is 521. The van der Waals surface area contributed by atoms with Crippen molar-refractivity contribution in [1.29, 1.82) is 0 Å². The summed E-state index contributed by atoms with van der Waals surface area (Å²) in [4.78, 5) is 1.43. The molecular weight excluding hydrogens is 364 g/mol. The Morgan fingerprint density at radius 1 is 1.33 bits per heavy atom. The number of benzene rings is 1. The first-order chi connectivity index (χ1) is 8.58. The first-order valence-electron chi connectivity index (χ1n) is 5.23. The van der Waals surface area contributed by atoms with Gasteiger partial charge in [0, 0.05) is 15.4 Å². The number of nitrogens with zero attached hydrogens (tertiary/aromatic N) is 4. The van der Waals surface area contributed by atoms with Crippen LogP contribution in [0.4, 0.5) is 0 Å². The van der Waals surface area contributed by atoms with E-state index < -0.39 is 0 Å². The van der Waals surface area contributed by atoms with Gasteiger partial charge in [0.1, 0.15) is 0 Å². The third-order valence-electron chi connectivity index (χ3n) is 2.42. The minimum Gasteiger partial charge on any atom is -0.271 e. The van der Waals surface area contributed by atoms with Crippen LogP contribution in [0.3, 0.4) is 0 Å². The van der Waals surface area contributed by atoms with E-state index in [4.69, 9.17) is 5.84 Å². The number of tetrazole rings is 1. The maximum absolute atomic E-state index is 5.60. The number of aromatic nitrogens is 4. The Morgan fingerprint density at radius 3 is 2.50 bits per heavy atom. The zero-order chi connectivity index (χ0) is 13.1. The summed E-state index contributed by atoms with van der Waals surface area (Å²) in [5.74, 6) is 6.25. The highest BCUT2D eigenvalue weighted by Crippen LogP contribution is 2.25. The van der Waals surface area contributed by atoms with Crippen molar-refractivity contribution in [3.05, 3.63) is 38.5 Å². The van der Waals surface area contributed by atoms with Crippen molar-refractivity contribution in [2.75, 3.05) is 0 Å². The second-order valence-corrected chi connectivity index (χ2v) is 5.65. The van der Waals surface area contributed by atoms with Crippen molar-refractivity contribution in [1.82, 2.24) is 25.6 Å². The number of halogens is 2. The Labute approximate surface area is 121 Å². The average Bonchev–Trinajstić information content (AvgIpc) is 2.70. The van der Waals surface area contributed by atoms with Gasteiger partial charge in [-0.1, -0.05) is 31.9 Å². The molecule has 1 aromatic carbocycles. The molecule has 0 saturated carbocycles. The Morgan fingerprint density at radius 2 is 2.00 bits per heavy atom. The lowest BCUT2D eigenvalue weighted by molar-refractivity contribution is 0.536. The van der Waals surface area contributed by atoms with E-state index in [0.717, 1.165) is 14.5 Å². The molecule has 0 saturated heterocycles. The van der Waals surface area contributed by atoms with Crippen molar-refractivity contribution in [2.45, 2.75) is 12.5 Å². The van der Waals surface area contributed by atoms with Gasteiger partial charge in [-0.3, -0.25) is 11.3 Å². The molecule has 0 fully saturated rings. The fourth-order valence-corrected chi connectivity index (χ4v) is 2.97. The van der Waals surface area contributed by atoms with E-state index in [2.05, 4.69) is 52.7 Å². The predicted molar refractivity (Wildman–Crippen MR) is 74.4 cm³/mol. The summed E-state index contributed by atoms with van der Waals surface area (Å²) in [6.07, 6.45) is 0.577. The molecule has 1 atom stereocenters. The normalized spacial score (nSPS) is 12.7. The molecule has 0 aliphatic heterocycles. The molecular formula is C10H12Br2N6. The van der Waals surface area contributed by atoms with E-state index in [0.29, 0.717) is 12.2 Å². The second kappa shape index (κ2) is 5.87. The van der Waals surface area contributed by atoms with Gasteiger partial charge < -0.3 is 0 Å². The molecule has 0 aliphatic rings. The van der Waals surface area contributed by atoms with Crippen molar-refractivity contribution in [3.63, 3.8) is 0 Å². The molecule has 0 spiro atoms. The molecule has 1 aromatic heterocycles. The maximum atomic E-state index is 5.60. The molecule has 2 aromatic rings. The molecule has 18 heavy (non-hydrogen) atoms. The number of aryl methyl sites for hydroxylation is 1. The lowest BCUT2D eigenvalue weighted by Gasteiger charge is -2.15. The Balaban J connectivity index is 2.22. The van der Waals surface area contributed by atoms with Crippen LogP contribution in [0.5, 0.6) is 0 Å². The van der Waals surface area contributed by atoms with Crippen LogP contribution in [0.2, 0.25) is 0 Å². The maximum Gasteiger partial charge on any atom is 0.176 e. The number of nitrogens with two attached hydrogens (primary N) is 1. The Hall–Kier alpha value is -0.830. The largest absolute Gasteiger partial charge is 0.271 e. The van der Waals surface area contributed by atoms with Crippen LogP contribution in [0.25, 0.3) is 0 Å². The van der Waals surface area contributed by atoms with Gasteiger partial charge in [0.05, 0.1) is 13.1 Å². The van der Waals surface area contributed by atoms with Crippen LogP contribution in [0, 0.1) is 0 Å². The van der Waals surface area contributed by atoms with Crippen LogP contribution in [-0.4, -0.2) is 20.2 Å². The van der Waals surface area contributed by atoms with Crippen LogP contribution in [0.15, 0.2) is 27.1 Å². The molecule has 96 valence electrons. The summed E-state index contributed by atoms with van der Waals surface area (Å²) in [6, 6.07) is 5.91. The first kappa shape index (κ1) is 13.6. The van der Waals surface area contributed by atoms with Gasteiger partial charge in [-0.25, -0.2) is 0 Å².